The third-order valence-electron chi connectivity index (χ3n) is 2.98. The Labute approximate surface area is 119 Å². The van der Waals surface area contributed by atoms with Crippen molar-refractivity contribution >= 4 is 0 Å². The molecule has 3 nitrogen and oxygen atoms in total. The van der Waals surface area contributed by atoms with Gasteiger partial charge in [-0.3, -0.25) is 4.79 Å². The van der Waals surface area contributed by atoms with Gasteiger partial charge in [0.1, 0.15) is 5.82 Å². The van der Waals surface area contributed by atoms with Crippen molar-refractivity contribution in [2.24, 2.45) is 0 Å². The Bertz CT molecular complexity index is 677. The maximum atomic E-state index is 12.7. The lowest BCUT2D eigenvalue weighted by Gasteiger charge is -2.09. The minimum atomic E-state index is -4.37. The van der Waals surface area contributed by atoms with Crippen molar-refractivity contribution in [3.63, 3.8) is 0 Å². The van der Waals surface area contributed by atoms with Crippen molar-refractivity contribution in [3.05, 3.63) is 63.3 Å². The second-order valence-electron chi connectivity index (χ2n) is 4.81. The molecule has 112 valence electrons. The summed E-state index contributed by atoms with van der Waals surface area (Å²) in [7, 11) is 0. The van der Waals surface area contributed by atoms with Crippen LogP contribution in [0.5, 0.6) is 0 Å². The van der Waals surface area contributed by atoms with Crippen LogP contribution in [0.3, 0.4) is 0 Å². The van der Waals surface area contributed by atoms with Gasteiger partial charge in [0.25, 0.3) is 5.56 Å². The number of hydrogen-bond donors (Lipinski definition) is 1. The molecule has 21 heavy (non-hydrogen) atoms. The topological polar surface area (TPSA) is 45.8 Å². The van der Waals surface area contributed by atoms with E-state index in [1.807, 2.05) is 6.92 Å². The molecule has 6 heteroatoms. The SMILES string of the molecule is CCCc1cc(=O)[nH]c(Cc2cccc(C(F)(F)F)c2)n1. The molecule has 1 aromatic heterocycles. The second-order valence-corrected chi connectivity index (χ2v) is 4.81. The lowest BCUT2D eigenvalue weighted by molar-refractivity contribution is -0.137. The van der Waals surface area contributed by atoms with Gasteiger partial charge >= 0.3 is 6.18 Å². The molecule has 1 heterocycles. The van der Waals surface area contributed by atoms with Crippen LogP contribution >= 0.6 is 0 Å². The van der Waals surface area contributed by atoms with Gasteiger partial charge in [-0.2, -0.15) is 13.2 Å². The number of nitrogens with zero attached hydrogens (tertiary/aromatic N) is 1. The van der Waals surface area contributed by atoms with E-state index in [4.69, 9.17) is 0 Å². The van der Waals surface area contributed by atoms with Crippen LogP contribution in [-0.2, 0) is 19.0 Å². The highest BCUT2D eigenvalue weighted by Crippen LogP contribution is 2.29. The average Bonchev–Trinajstić information content (AvgIpc) is 2.37. The summed E-state index contributed by atoms with van der Waals surface area (Å²) < 4.78 is 38.0. The van der Waals surface area contributed by atoms with Crippen molar-refractivity contribution in [1.29, 1.82) is 0 Å². The van der Waals surface area contributed by atoms with Crippen LogP contribution in [0, 0.1) is 0 Å². The van der Waals surface area contributed by atoms with Crippen molar-refractivity contribution in [1.82, 2.24) is 9.97 Å². The van der Waals surface area contributed by atoms with Crippen molar-refractivity contribution in [3.8, 4) is 0 Å². The normalized spacial score (nSPS) is 11.6. The highest BCUT2D eigenvalue weighted by molar-refractivity contribution is 5.27. The fraction of sp³-hybridized carbons (Fsp3) is 0.333. The largest absolute Gasteiger partial charge is 0.416 e. The first kappa shape index (κ1) is 15.3. The van der Waals surface area contributed by atoms with Gasteiger partial charge in [0.15, 0.2) is 0 Å². The monoisotopic (exact) mass is 296 g/mol. The minimum Gasteiger partial charge on any atom is -0.310 e. The Morgan fingerprint density at radius 3 is 2.67 bits per heavy atom. The third kappa shape index (κ3) is 4.18. The van der Waals surface area contributed by atoms with E-state index in [9.17, 15) is 18.0 Å². The average molecular weight is 296 g/mol. The summed E-state index contributed by atoms with van der Waals surface area (Å²) in [6.45, 7) is 1.97. The predicted octanol–water partition coefficient (Wildman–Crippen LogP) is 3.33. The van der Waals surface area contributed by atoms with Gasteiger partial charge < -0.3 is 4.98 Å². The maximum Gasteiger partial charge on any atom is 0.416 e. The molecular weight excluding hydrogens is 281 g/mol. The number of H-pyrrole nitrogens is 1. The van der Waals surface area contributed by atoms with Gasteiger partial charge in [0.2, 0.25) is 0 Å². The first-order valence-electron chi connectivity index (χ1n) is 6.63. The number of benzene rings is 1. The van der Waals surface area contributed by atoms with E-state index in [2.05, 4.69) is 9.97 Å². The maximum absolute atomic E-state index is 12.7. The smallest absolute Gasteiger partial charge is 0.310 e. The molecule has 0 unspecified atom stereocenters. The van der Waals surface area contributed by atoms with E-state index >= 15 is 0 Å². The molecule has 0 amide bonds. The fourth-order valence-corrected chi connectivity index (χ4v) is 2.08. The highest BCUT2D eigenvalue weighted by atomic mass is 19.4. The van der Waals surface area contributed by atoms with Gasteiger partial charge in [0.05, 0.1) is 5.56 Å². The Morgan fingerprint density at radius 2 is 2.00 bits per heavy atom. The molecule has 1 N–H and O–H groups in total. The van der Waals surface area contributed by atoms with Crippen LogP contribution in [0.1, 0.15) is 36.0 Å². The van der Waals surface area contributed by atoms with E-state index in [0.717, 1.165) is 18.6 Å². The molecule has 0 bridgehead atoms. The molecule has 0 aliphatic carbocycles. The summed E-state index contributed by atoms with van der Waals surface area (Å²) in [6, 6.07) is 6.45. The molecular formula is C15H15F3N2O. The molecule has 0 aliphatic rings. The lowest BCUT2D eigenvalue weighted by Crippen LogP contribution is -2.13. The van der Waals surface area contributed by atoms with Gasteiger partial charge in [-0.1, -0.05) is 31.5 Å². The summed E-state index contributed by atoms with van der Waals surface area (Å²) in [5.74, 6) is 0.380. The number of rotatable bonds is 4. The third-order valence-corrected chi connectivity index (χ3v) is 2.98. The molecule has 0 fully saturated rings. The standard InChI is InChI=1S/C15H15F3N2O/c1-2-4-12-9-14(21)20-13(19-12)8-10-5-3-6-11(7-10)15(16,17)18/h3,5-7,9H,2,4,8H2,1H3,(H,19,20,21). The van der Waals surface area contributed by atoms with Gasteiger partial charge in [-0.25, -0.2) is 4.98 Å². The van der Waals surface area contributed by atoms with E-state index in [0.29, 0.717) is 23.5 Å². The summed E-state index contributed by atoms with van der Waals surface area (Å²) in [5.41, 5.74) is 0.132. The number of halogens is 3. The molecule has 2 aromatic rings. The van der Waals surface area contributed by atoms with E-state index < -0.39 is 11.7 Å². The first-order valence-corrected chi connectivity index (χ1v) is 6.63. The van der Waals surface area contributed by atoms with Crippen LogP contribution in [-0.4, -0.2) is 9.97 Å². The Kier molecular flexibility index (Phi) is 4.45. The molecule has 0 aliphatic heterocycles. The Balaban J connectivity index is 2.28. The molecule has 0 saturated heterocycles. The van der Waals surface area contributed by atoms with Crippen molar-refractivity contribution in [2.75, 3.05) is 0 Å². The van der Waals surface area contributed by atoms with Crippen LogP contribution in [0.4, 0.5) is 13.2 Å². The molecule has 0 saturated carbocycles. The number of aromatic nitrogens is 2. The Morgan fingerprint density at radius 1 is 1.24 bits per heavy atom. The number of hydrogen-bond acceptors (Lipinski definition) is 2. The van der Waals surface area contributed by atoms with Crippen LogP contribution in [0.15, 0.2) is 35.1 Å². The predicted molar refractivity (Wildman–Crippen MR) is 73.1 cm³/mol. The fourth-order valence-electron chi connectivity index (χ4n) is 2.08. The van der Waals surface area contributed by atoms with E-state index in [1.54, 1.807) is 6.07 Å². The van der Waals surface area contributed by atoms with Gasteiger partial charge in [-0.05, 0) is 18.1 Å². The quantitative estimate of drug-likeness (QED) is 0.940. The Hall–Kier alpha value is -2.11. The molecule has 2 rings (SSSR count). The first-order chi connectivity index (χ1) is 9.88. The number of aryl methyl sites for hydroxylation is 1. The summed E-state index contributed by atoms with van der Waals surface area (Å²) in [5, 5.41) is 0. The molecule has 0 atom stereocenters. The van der Waals surface area contributed by atoms with Crippen molar-refractivity contribution in [2.45, 2.75) is 32.4 Å². The van der Waals surface area contributed by atoms with Gasteiger partial charge in [-0.15, -0.1) is 0 Å². The lowest BCUT2D eigenvalue weighted by atomic mass is 10.1. The number of aromatic amines is 1. The molecule has 0 radical (unpaired) electrons. The summed E-state index contributed by atoms with van der Waals surface area (Å²) in [4.78, 5) is 18.4. The number of alkyl halides is 3. The van der Waals surface area contributed by atoms with Gasteiger partial charge in [0, 0.05) is 18.2 Å². The molecule has 0 spiro atoms. The summed E-state index contributed by atoms with van der Waals surface area (Å²) in [6.07, 6.45) is -2.70. The zero-order valence-corrected chi connectivity index (χ0v) is 11.5. The zero-order chi connectivity index (χ0) is 15.5. The number of nitrogens with one attached hydrogen (secondary N) is 1. The zero-order valence-electron chi connectivity index (χ0n) is 11.5. The van der Waals surface area contributed by atoms with Crippen LogP contribution < -0.4 is 5.56 Å². The summed E-state index contributed by atoms with van der Waals surface area (Å²) >= 11 is 0. The molecule has 1 aromatic carbocycles. The van der Waals surface area contributed by atoms with E-state index in [1.165, 1.54) is 12.1 Å². The highest BCUT2D eigenvalue weighted by Gasteiger charge is 2.30. The second kappa shape index (κ2) is 6.11. The van der Waals surface area contributed by atoms with E-state index in [-0.39, 0.29) is 12.0 Å². The minimum absolute atomic E-state index is 0.163. The van der Waals surface area contributed by atoms with Crippen LogP contribution in [0.2, 0.25) is 0 Å². The van der Waals surface area contributed by atoms with Crippen molar-refractivity contribution < 1.29 is 13.2 Å². The van der Waals surface area contributed by atoms with Crippen LogP contribution in [0.25, 0.3) is 0 Å².